The molecule has 1 N–H and O–H groups in total. The van der Waals surface area contributed by atoms with Gasteiger partial charge in [0.2, 0.25) is 0 Å². The molecule has 162 valence electrons. The molecule has 0 aliphatic carbocycles. The number of aliphatic imine (C=N–C) groups is 1. The predicted octanol–water partition coefficient (Wildman–Crippen LogP) is 6.13. The number of thioether (sulfide) groups is 1. The van der Waals surface area contributed by atoms with Gasteiger partial charge in [-0.25, -0.2) is 4.99 Å². The van der Waals surface area contributed by atoms with Gasteiger partial charge in [0.25, 0.3) is 5.91 Å². The molecule has 1 fully saturated rings. The maximum atomic E-state index is 12.4. The highest BCUT2D eigenvalue weighted by Crippen LogP contribution is 2.33. The van der Waals surface area contributed by atoms with Crippen LogP contribution in [-0.2, 0) is 11.4 Å². The van der Waals surface area contributed by atoms with E-state index in [1.807, 2.05) is 73.7 Å². The van der Waals surface area contributed by atoms with E-state index in [1.165, 1.54) is 11.8 Å². The third kappa shape index (κ3) is 5.15. The number of carbonyl (C=O) groups excluding carboxylic acids is 1. The van der Waals surface area contributed by atoms with Crippen LogP contribution in [0, 0.1) is 6.92 Å². The van der Waals surface area contributed by atoms with Crippen LogP contribution in [0.3, 0.4) is 0 Å². The van der Waals surface area contributed by atoms with Crippen LogP contribution >= 0.6 is 23.4 Å². The van der Waals surface area contributed by atoms with Crippen molar-refractivity contribution >= 4 is 46.2 Å². The average Bonchev–Trinajstić information content (AvgIpc) is 3.15. The molecular formula is C25H21ClN2O3S. The Hall–Kier alpha value is -3.22. The van der Waals surface area contributed by atoms with Crippen molar-refractivity contribution in [3.8, 4) is 11.5 Å². The number of hydrogen-bond donors (Lipinski definition) is 1. The molecule has 0 bridgehead atoms. The maximum absolute atomic E-state index is 12.4. The number of hydrogen-bond acceptors (Lipinski definition) is 5. The second kappa shape index (κ2) is 9.94. The molecule has 0 aromatic heterocycles. The number of ether oxygens (including phenoxy) is 2. The second-order valence-electron chi connectivity index (χ2n) is 7.05. The lowest BCUT2D eigenvalue weighted by Gasteiger charge is -2.11. The first-order valence-electron chi connectivity index (χ1n) is 9.93. The molecule has 1 aliphatic heterocycles. The Balaban J connectivity index is 1.51. The summed E-state index contributed by atoms with van der Waals surface area (Å²) in [4.78, 5) is 17.5. The fourth-order valence-electron chi connectivity index (χ4n) is 3.09. The van der Waals surface area contributed by atoms with Gasteiger partial charge in [-0.1, -0.05) is 54.1 Å². The van der Waals surface area contributed by atoms with Crippen LogP contribution in [-0.4, -0.2) is 18.2 Å². The van der Waals surface area contributed by atoms with Gasteiger partial charge in [0.05, 0.1) is 17.7 Å². The number of rotatable bonds is 6. The van der Waals surface area contributed by atoms with Crippen molar-refractivity contribution < 1.29 is 14.3 Å². The van der Waals surface area contributed by atoms with E-state index in [0.29, 0.717) is 33.2 Å². The van der Waals surface area contributed by atoms with Gasteiger partial charge < -0.3 is 14.8 Å². The smallest absolute Gasteiger partial charge is 0.264 e. The number of methoxy groups -OCH3 is 1. The first-order chi connectivity index (χ1) is 15.5. The van der Waals surface area contributed by atoms with Gasteiger partial charge in [0, 0.05) is 5.02 Å². The molecule has 3 aromatic rings. The molecule has 7 heteroatoms. The highest BCUT2D eigenvalue weighted by atomic mass is 35.5. The second-order valence-corrected chi connectivity index (χ2v) is 8.49. The summed E-state index contributed by atoms with van der Waals surface area (Å²) in [5.41, 5.74) is 3.49. The Bertz CT molecular complexity index is 1210. The van der Waals surface area contributed by atoms with E-state index in [-0.39, 0.29) is 5.91 Å². The number of benzene rings is 3. The molecule has 0 saturated carbocycles. The number of nitrogens with zero attached hydrogens (tertiary/aromatic N) is 1. The number of carbonyl (C=O) groups is 1. The zero-order chi connectivity index (χ0) is 22.5. The van der Waals surface area contributed by atoms with E-state index >= 15 is 0 Å². The lowest BCUT2D eigenvalue weighted by atomic mass is 10.2. The number of amidine groups is 1. The Kier molecular flexibility index (Phi) is 6.83. The molecule has 1 heterocycles. The van der Waals surface area contributed by atoms with Crippen LogP contribution < -0.4 is 14.8 Å². The van der Waals surface area contributed by atoms with E-state index in [0.717, 1.165) is 22.4 Å². The highest BCUT2D eigenvalue weighted by Gasteiger charge is 2.24. The summed E-state index contributed by atoms with van der Waals surface area (Å²) < 4.78 is 11.4. The third-order valence-corrected chi connectivity index (χ3v) is 6.15. The van der Waals surface area contributed by atoms with Crippen molar-refractivity contribution in [3.63, 3.8) is 0 Å². The van der Waals surface area contributed by atoms with Crippen molar-refractivity contribution in [1.29, 1.82) is 0 Å². The van der Waals surface area contributed by atoms with Crippen molar-refractivity contribution in [2.24, 2.45) is 4.99 Å². The van der Waals surface area contributed by atoms with Gasteiger partial charge in [-0.3, -0.25) is 4.79 Å². The maximum Gasteiger partial charge on any atom is 0.264 e. The first-order valence-corrected chi connectivity index (χ1v) is 11.1. The Morgan fingerprint density at radius 1 is 1.06 bits per heavy atom. The lowest BCUT2D eigenvalue weighted by Crippen LogP contribution is -2.19. The molecule has 0 spiro atoms. The Labute approximate surface area is 196 Å². The molecule has 0 atom stereocenters. The Morgan fingerprint density at radius 3 is 2.66 bits per heavy atom. The molecule has 1 aliphatic rings. The quantitative estimate of drug-likeness (QED) is 0.446. The van der Waals surface area contributed by atoms with Gasteiger partial charge in [-0.05, 0) is 65.7 Å². The van der Waals surface area contributed by atoms with E-state index in [4.69, 9.17) is 21.1 Å². The standard InChI is InChI=1S/C25H21ClN2O3S/c1-16-19(26)9-6-10-20(16)27-25-28-24(29)23(32-25)14-18-11-12-21(22(13-18)30-2)31-15-17-7-4-3-5-8-17/h3-14H,15H2,1-2H3,(H,27,28,29)/b23-14+. The zero-order valence-electron chi connectivity index (χ0n) is 17.6. The molecule has 3 aromatic carbocycles. The lowest BCUT2D eigenvalue weighted by molar-refractivity contribution is -0.115. The van der Waals surface area contributed by atoms with Crippen molar-refractivity contribution in [3.05, 3.63) is 93.3 Å². The number of nitrogens with one attached hydrogen (secondary N) is 1. The highest BCUT2D eigenvalue weighted by molar-refractivity contribution is 8.18. The van der Waals surface area contributed by atoms with Crippen LogP contribution in [0.25, 0.3) is 6.08 Å². The normalized spacial score (nSPS) is 15.8. The van der Waals surface area contributed by atoms with Crippen molar-refractivity contribution in [2.45, 2.75) is 13.5 Å². The topological polar surface area (TPSA) is 59.9 Å². The van der Waals surface area contributed by atoms with Crippen LogP contribution in [0.1, 0.15) is 16.7 Å². The molecule has 0 unspecified atom stereocenters. The molecule has 1 amide bonds. The minimum Gasteiger partial charge on any atom is -0.493 e. The molecule has 0 radical (unpaired) electrons. The largest absolute Gasteiger partial charge is 0.493 e. The summed E-state index contributed by atoms with van der Waals surface area (Å²) in [6.45, 7) is 2.34. The average molecular weight is 465 g/mol. The van der Waals surface area contributed by atoms with Gasteiger partial charge in [0.1, 0.15) is 6.61 Å². The minimum atomic E-state index is -0.197. The minimum absolute atomic E-state index is 0.197. The summed E-state index contributed by atoms with van der Waals surface area (Å²) in [5, 5.41) is 3.96. The monoisotopic (exact) mass is 464 g/mol. The molecule has 5 nitrogen and oxygen atoms in total. The van der Waals surface area contributed by atoms with E-state index in [9.17, 15) is 4.79 Å². The molecule has 4 rings (SSSR count). The summed E-state index contributed by atoms with van der Waals surface area (Å²) in [5.74, 6) is 1.04. The van der Waals surface area contributed by atoms with Gasteiger partial charge in [-0.2, -0.15) is 0 Å². The van der Waals surface area contributed by atoms with E-state index < -0.39 is 0 Å². The van der Waals surface area contributed by atoms with Crippen LogP contribution in [0.4, 0.5) is 5.69 Å². The fraction of sp³-hybridized carbons (Fsp3) is 0.120. The third-order valence-electron chi connectivity index (χ3n) is 4.83. The zero-order valence-corrected chi connectivity index (χ0v) is 19.2. The van der Waals surface area contributed by atoms with E-state index in [2.05, 4.69) is 10.3 Å². The van der Waals surface area contributed by atoms with Crippen LogP contribution in [0.15, 0.2) is 76.6 Å². The summed E-state index contributed by atoms with van der Waals surface area (Å²) in [6, 6.07) is 21.0. The van der Waals surface area contributed by atoms with Gasteiger partial charge in [0.15, 0.2) is 16.7 Å². The number of halogens is 1. The summed E-state index contributed by atoms with van der Waals surface area (Å²) in [7, 11) is 1.59. The van der Waals surface area contributed by atoms with Gasteiger partial charge in [-0.15, -0.1) is 0 Å². The fourth-order valence-corrected chi connectivity index (χ4v) is 4.09. The Morgan fingerprint density at radius 2 is 1.88 bits per heavy atom. The predicted molar refractivity (Wildman–Crippen MR) is 131 cm³/mol. The van der Waals surface area contributed by atoms with E-state index in [1.54, 1.807) is 13.2 Å². The van der Waals surface area contributed by atoms with Crippen molar-refractivity contribution in [2.75, 3.05) is 7.11 Å². The van der Waals surface area contributed by atoms with Gasteiger partial charge >= 0.3 is 0 Å². The number of amides is 1. The molecular weight excluding hydrogens is 444 g/mol. The molecule has 1 saturated heterocycles. The van der Waals surface area contributed by atoms with Crippen molar-refractivity contribution in [1.82, 2.24) is 5.32 Å². The first kappa shape index (κ1) is 22.0. The summed E-state index contributed by atoms with van der Waals surface area (Å²) >= 11 is 7.45. The molecule has 32 heavy (non-hydrogen) atoms. The SMILES string of the molecule is COc1cc(/C=C2/SC(=Nc3cccc(Cl)c3C)NC2=O)ccc1OCc1ccccc1. The van der Waals surface area contributed by atoms with Crippen LogP contribution in [0.5, 0.6) is 11.5 Å². The van der Waals surface area contributed by atoms with Crippen LogP contribution in [0.2, 0.25) is 5.02 Å². The summed E-state index contributed by atoms with van der Waals surface area (Å²) in [6.07, 6.45) is 1.80.